The number of hydrogen-bond acceptors (Lipinski definition) is 2. The molecular formula is C8H15F3N2O. The second kappa shape index (κ2) is 6.64. The van der Waals surface area contributed by atoms with E-state index in [2.05, 4.69) is 10.6 Å². The zero-order valence-corrected chi connectivity index (χ0v) is 8.08. The van der Waals surface area contributed by atoms with E-state index in [1.54, 1.807) is 6.92 Å². The third-order valence-corrected chi connectivity index (χ3v) is 1.47. The lowest BCUT2D eigenvalue weighted by molar-refractivity contribution is -0.135. The topological polar surface area (TPSA) is 41.1 Å². The van der Waals surface area contributed by atoms with Crippen LogP contribution < -0.4 is 10.6 Å². The average molecular weight is 212 g/mol. The summed E-state index contributed by atoms with van der Waals surface area (Å²) in [6.07, 6.45) is -4.91. The lowest BCUT2D eigenvalue weighted by Gasteiger charge is -2.06. The minimum Gasteiger partial charge on any atom is -0.355 e. The summed E-state index contributed by atoms with van der Waals surface area (Å²) in [5.41, 5.74) is 0. The van der Waals surface area contributed by atoms with Crippen molar-refractivity contribution >= 4 is 5.91 Å². The lowest BCUT2D eigenvalue weighted by atomic mass is 10.3. The molecule has 0 atom stereocenters. The Morgan fingerprint density at radius 3 is 2.50 bits per heavy atom. The van der Waals surface area contributed by atoms with Crippen LogP contribution >= 0.6 is 0 Å². The summed E-state index contributed by atoms with van der Waals surface area (Å²) in [6, 6.07) is 0. The highest BCUT2D eigenvalue weighted by Gasteiger charge is 2.25. The highest BCUT2D eigenvalue weighted by molar-refractivity contribution is 5.77. The van der Waals surface area contributed by atoms with Crippen LogP contribution in [0, 0.1) is 0 Å². The van der Waals surface area contributed by atoms with Crippen LogP contribution in [0.15, 0.2) is 0 Å². The maximum Gasteiger partial charge on any atom is 0.389 e. The molecule has 0 aromatic heterocycles. The molecule has 0 aliphatic rings. The quantitative estimate of drug-likeness (QED) is 0.646. The minimum atomic E-state index is -4.10. The first-order valence-electron chi connectivity index (χ1n) is 4.50. The molecule has 1 amide bonds. The molecular weight excluding hydrogens is 197 g/mol. The Morgan fingerprint density at radius 1 is 1.36 bits per heavy atom. The van der Waals surface area contributed by atoms with Gasteiger partial charge in [-0.1, -0.05) is 0 Å². The maximum atomic E-state index is 11.7. The van der Waals surface area contributed by atoms with Gasteiger partial charge in [0.1, 0.15) is 0 Å². The predicted molar refractivity (Wildman–Crippen MR) is 46.8 cm³/mol. The second-order valence-electron chi connectivity index (χ2n) is 2.85. The number of likely N-dealkylation sites (N-methyl/N-ethyl adjacent to an activating group) is 1. The van der Waals surface area contributed by atoms with Gasteiger partial charge in [0.25, 0.3) is 0 Å². The van der Waals surface area contributed by atoms with Gasteiger partial charge in [-0.25, -0.2) is 0 Å². The average Bonchev–Trinajstić information content (AvgIpc) is 2.02. The first kappa shape index (κ1) is 13.2. The lowest BCUT2D eigenvalue weighted by Crippen LogP contribution is -2.34. The monoisotopic (exact) mass is 212 g/mol. The molecule has 0 aliphatic carbocycles. The Kier molecular flexibility index (Phi) is 6.27. The van der Waals surface area contributed by atoms with E-state index in [1.807, 2.05) is 0 Å². The smallest absolute Gasteiger partial charge is 0.355 e. The number of rotatable bonds is 6. The zero-order valence-electron chi connectivity index (χ0n) is 8.08. The molecule has 0 saturated carbocycles. The normalized spacial score (nSPS) is 11.4. The first-order valence-corrected chi connectivity index (χ1v) is 4.50. The molecule has 0 bridgehead atoms. The second-order valence-corrected chi connectivity index (χ2v) is 2.85. The molecule has 0 aromatic carbocycles. The van der Waals surface area contributed by atoms with E-state index in [-0.39, 0.29) is 25.4 Å². The van der Waals surface area contributed by atoms with E-state index in [0.717, 1.165) is 0 Å². The predicted octanol–water partition coefficient (Wildman–Crippen LogP) is 1.05. The van der Waals surface area contributed by atoms with Crippen molar-refractivity contribution in [1.82, 2.24) is 10.6 Å². The molecule has 14 heavy (non-hydrogen) atoms. The van der Waals surface area contributed by atoms with Gasteiger partial charge >= 0.3 is 6.18 Å². The van der Waals surface area contributed by atoms with E-state index in [0.29, 0.717) is 6.54 Å². The van der Waals surface area contributed by atoms with Crippen molar-refractivity contribution in [2.45, 2.75) is 25.9 Å². The SMILES string of the molecule is CCNC(=O)CNCCCC(F)(F)F. The number of carbonyl (C=O) groups excluding carboxylic acids is 1. The number of nitrogens with one attached hydrogen (secondary N) is 2. The fraction of sp³-hybridized carbons (Fsp3) is 0.875. The van der Waals surface area contributed by atoms with Gasteiger partial charge in [0.05, 0.1) is 6.54 Å². The molecule has 0 unspecified atom stereocenters. The third-order valence-electron chi connectivity index (χ3n) is 1.47. The Labute approximate surface area is 81.1 Å². The molecule has 0 spiro atoms. The molecule has 0 heterocycles. The summed E-state index contributed by atoms with van der Waals surface area (Å²) < 4.78 is 35.0. The van der Waals surface area contributed by atoms with E-state index < -0.39 is 12.6 Å². The highest BCUT2D eigenvalue weighted by atomic mass is 19.4. The van der Waals surface area contributed by atoms with Gasteiger partial charge < -0.3 is 10.6 Å². The molecule has 0 aromatic rings. The number of halogens is 3. The molecule has 6 heteroatoms. The standard InChI is InChI=1S/C8H15F3N2O/c1-2-13-7(14)6-12-5-3-4-8(9,10)11/h12H,2-6H2,1H3,(H,13,14). The molecule has 0 rings (SSSR count). The van der Waals surface area contributed by atoms with Crippen molar-refractivity contribution in [2.24, 2.45) is 0 Å². The minimum absolute atomic E-state index is 0.00288. The van der Waals surface area contributed by atoms with E-state index >= 15 is 0 Å². The third kappa shape index (κ3) is 9.31. The van der Waals surface area contributed by atoms with Gasteiger partial charge in [-0.05, 0) is 19.9 Å². The van der Waals surface area contributed by atoms with Crippen LogP contribution in [0.4, 0.5) is 13.2 Å². The van der Waals surface area contributed by atoms with Gasteiger partial charge in [-0.2, -0.15) is 13.2 Å². The van der Waals surface area contributed by atoms with Gasteiger partial charge in [-0.3, -0.25) is 4.79 Å². The molecule has 0 saturated heterocycles. The number of carbonyl (C=O) groups is 1. The largest absolute Gasteiger partial charge is 0.389 e. The molecule has 0 aliphatic heterocycles. The summed E-state index contributed by atoms with van der Waals surface area (Å²) in [6.45, 7) is 2.59. The van der Waals surface area contributed by atoms with Crippen LogP contribution in [0.25, 0.3) is 0 Å². The van der Waals surface area contributed by atoms with Crippen LogP contribution in [0.3, 0.4) is 0 Å². The van der Waals surface area contributed by atoms with Gasteiger partial charge in [0.15, 0.2) is 0 Å². The fourth-order valence-corrected chi connectivity index (χ4v) is 0.875. The summed E-state index contributed by atoms with van der Waals surface area (Å²) in [7, 11) is 0. The number of hydrogen-bond donors (Lipinski definition) is 2. The van der Waals surface area contributed by atoms with Crippen LogP contribution in [-0.2, 0) is 4.79 Å². The Bertz CT molecular complexity index is 170. The van der Waals surface area contributed by atoms with Crippen molar-refractivity contribution in [3.05, 3.63) is 0 Å². The van der Waals surface area contributed by atoms with Crippen LogP contribution in [0.5, 0.6) is 0 Å². The van der Waals surface area contributed by atoms with Crippen molar-refractivity contribution in [2.75, 3.05) is 19.6 Å². The Balaban J connectivity index is 3.26. The Hall–Kier alpha value is -0.780. The first-order chi connectivity index (χ1) is 6.45. The maximum absolute atomic E-state index is 11.7. The van der Waals surface area contributed by atoms with Crippen LogP contribution in [0.1, 0.15) is 19.8 Å². The number of alkyl halides is 3. The van der Waals surface area contributed by atoms with E-state index in [1.165, 1.54) is 0 Å². The highest BCUT2D eigenvalue weighted by Crippen LogP contribution is 2.20. The summed E-state index contributed by atoms with van der Waals surface area (Å²) in [5.74, 6) is -0.195. The summed E-state index contributed by atoms with van der Waals surface area (Å²) in [4.78, 5) is 10.8. The van der Waals surface area contributed by atoms with E-state index in [9.17, 15) is 18.0 Å². The van der Waals surface area contributed by atoms with Crippen molar-refractivity contribution in [3.63, 3.8) is 0 Å². The van der Waals surface area contributed by atoms with Crippen molar-refractivity contribution in [3.8, 4) is 0 Å². The van der Waals surface area contributed by atoms with Crippen molar-refractivity contribution in [1.29, 1.82) is 0 Å². The molecule has 0 radical (unpaired) electrons. The summed E-state index contributed by atoms with van der Waals surface area (Å²) in [5, 5.41) is 5.16. The molecule has 2 N–H and O–H groups in total. The van der Waals surface area contributed by atoms with Gasteiger partial charge in [-0.15, -0.1) is 0 Å². The molecule has 84 valence electrons. The fourth-order valence-electron chi connectivity index (χ4n) is 0.875. The molecule has 3 nitrogen and oxygen atoms in total. The van der Waals surface area contributed by atoms with Crippen LogP contribution in [-0.4, -0.2) is 31.7 Å². The summed E-state index contributed by atoms with van der Waals surface area (Å²) >= 11 is 0. The number of amides is 1. The van der Waals surface area contributed by atoms with Gasteiger partial charge in [0, 0.05) is 13.0 Å². The van der Waals surface area contributed by atoms with Crippen LogP contribution in [0.2, 0.25) is 0 Å². The van der Waals surface area contributed by atoms with Gasteiger partial charge in [0.2, 0.25) is 5.91 Å². The Morgan fingerprint density at radius 2 is 2.00 bits per heavy atom. The van der Waals surface area contributed by atoms with Crippen molar-refractivity contribution < 1.29 is 18.0 Å². The zero-order chi connectivity index (χ0) is 11.0. The van der Waals surface area contributed by atoms with E-state index in [4.69, 9.17) is 0 Å². The molecule has 0 fully saturated rings.